The number of para-hydroxylation sites is 1. The molecule has 1 N–H and O–H groups in total. The normalized spacial score (nSPS) is 10.2. The van der Waals surface area contributed by atoms with E-state index in [2.05, 4.69) is 0 Å². The van der Waals surface area contributed by atoms with Crippen LogP contribution in [0.25, 0.3) is 0 Å². The van der Waals surface area contributed by atoms with Crippen molar-refractivity contribution in [2.45, 2.75) is 6.92 Å². The Bertz CT molecular complexity index is 729. The van der Waals surface area contributed by atoms with Crippen LogP contribution in [0.2, 0.25) is 5.02 Å². The quantitative estimate of drug-likeness (QED) is 0.680. The van der Waals surface area contributed by atoms with E-state index in [4.69, 9.17) is 16.3 Å². The number of carbonyl (C=O) groups is 1. The first-order valence-electron chi connectivity index (χ1n) is 5.85. The van der Waals surface area contributed by atoms with Gasteiger partial charge in [-0.1, -0.05) is 29.8 Å². The Labute approximate surface area is 124 Å². The zero-order valence-corrected chi connectivity index (χ0v) is 11.6. The van der Waals surface area contributed by atoms with E-state index in [1.54, 1.807) is 13.0 Å². The fourth-order valence-electron chi connectivity index (χ4n) is 1.82. The van der Waals surface area contributed by atoms with Crippen LogP contribution in [0.1, 0.15) is 15.9 Å². The van der Waals surface area contributed by atoms with E-state index < -0.39 is 10.9 Å². The van der Waals surface area contributed by atoms with Crippen LogP contribution >= 0.6 is 11.6 Å². The van der Waals surface area contributed by atoms with Crippen molar-refractivity contribution in [1.29, 1.82) is 0 Å². The van der Waals surface area contributed by atoms with Crippen molar-refractivity contribution in [3.8, 4) is 11.5 Å². The van der Waals surface area contributed by atoms with Gasteiger partial charge in [0.2, 0.25) is 5.75 Å². The molecule has 6 nitrogen and oxygen atoms in total. The highest BCUT2D eigenvalue weighted by Crippen LogP contribution is 2.37. The van der Waals surface area contributed by atoms with E-state index in [0.717, 1.165) is 0 Å². The number of rotatable bonds is 4. The summed E-state index contributed by atoms with van der Waals surface area (Å²) in [5.74, 6) is -1.33. The number of aryl methyl sites for hydroxylation is 1. The molecule has 0 amide bonds. The van der Waals surface area contributed by atoms with Gasteiger partial charge in [0.1, 0.15) is 11.3 Å². The number of nitro groups is 1. The molecule has 0 aliphatic carbocycles. The minimum Gasteiger partial charge on any atom is -0.478 e. The molecule has 7 heteroatoms. The Kier molecular flexibility index (Phi) is 4.09. The van der Waals surface area contributed by atoms with Gasteiger partial charge < -0.3 is 9.84 Å². The Balaban J connectivity index is 2.56. The average molecular weight is 308 g/mol. The molecule has 0 spiro atoms. The maximum absolute atomic E-state index is 11.2. The highest BCUT2D eigenvalue weighted by molar-refractivity contribution is 6.33. The van der Waals surface area contributed by atoms with Gasteiger partial charge in [0.05, 0.1) is 9.95 Å². The Morgan fingerprint density at radius 1 is 1.29 bits per heavy atom. The smallest absolute Gasteiger partial charge is 0.341 e. The lowest BCUT2D eigenvalue weighted by Gasteiger charge is -2.11. The lowest BCUT2D eigenvalue weighted by molar-refractivity contribution is -0.385. The van der Waals surface area contributed by atoms with Crippen LogP contribution in [0, 0.1) is 17.0 Å². The molecular formula is C14H10ClNO5. The van der Waals surface area contributed by atoms with Gasteiger partial charge in [-0.3, -0.25) is 10.1 Å². The summed E-state index contributed by atoms with van der Waals surface area (Å²) < 4.78 is 5.47. The highest BCUT2D eigenvalue weighted by Gasteiger charge is 2.22. The summed E-state index contributed by atoms with van der Waals surface area (Å²) in [6.07, 6.45) is 0. The van der Waals surface area contributed by atoms with Crippen LogP contribution in [-0.2, 0) is 0 Å². The van der Waals surface area contributed by atoms with E-state index >= 15 is 0 Å². The van der Waals surface area contributed by atoms with Crippen molar-refractivity contribution in [2.24, 2.45) is 0 Å². The fraction of sp³-hybridized carbons (Fsp3) is 0.0714. The number of nitrogens with zero attached hydrogens (tertiary/aromatic N) is 1. The van der Waals surface area contributed by atoms with Gasteiger partial charge in [-0.2, -0.15) is 0 Å². The summed E-state index contributed by atoms with van der Waals surface area (Å²) in [5, 5.41) is 20.2. The van der Waals surface area contributed by atoms with Crippen molar-refractivity contribution in [1.82, 2.24) is 0 Å². The van der Waals surface area contributed by atoms with Gasteiger partial charge in [-0.05, 0) is 24.6 Å². The number of carboxylic acids is 1. The lowest BCUT2D eigenvalue weighted by atomic mass is 10.1. The molecule has 0 unspecified atom stereocenters. The van der Waals surface area contributed by atoms with Gasteiger partial charge in [0.15, 0.2) is 0 Å². The van der Waals surface area contributed by atoms with Crippen molar-refractivity contribution >= 4 is 23.3 Å². The topological polar surface area (TPSA) is 89.7 Å². The maximum Gasteiger partial charge on any atom is 0.341 e. The Morgan fingerprint density at radius 3 is 2.57 bits per heavy atom. The zero-order chi connectivity index (χ0) is 15.6. The van der Waals surface area contributed by atoms with E-state index in [1.807, 2.05) is 0 Å². The van der Waals surface area contributed by atoms with Gasteiger partial charge in [-0.25, -0.2) is 4.79 Å². The van der Waals surface area contributed by atoms with Crippen molar-refractivity contribution in [3.05, 3.63) is 62.7 Å². The Morgan fingerprint density at radius 2 is 1.95 bits per heavy atom. The maximum atomic E-state index is 11.2. The summed E-state index contributed by atoms with van der Waals surface area (Å²) in [7, 11) is 0. The lowest BCUT2D eigenvalue weighted by Crippen LogP contribution is -2.03. The molecule has 0 heterocycles. The average Bonchev–Trinajstić information content (AvgIpc) is 2.40. The fourth-order valence-corrected chi connectivity index (χ4v) is 2.07. The standard InChI is InChI=1S/C14H10ClNO5/c1-8-4-2-6-10(16(19)20)13(8)21-11-7-3-5-9(15)12(11)14(17)18/h2-7H,1H3,(H,17,18). The summed E-state index contributed by atoms with van der Waals surface area (Å²) in [5.41, 5.74) is 0.0311. The summed E-state index contributed by atoms with van der Waals surface area (Å²) >= 11 is 5.84. The SMILES string of the molecule is Cc1cccc([N+](=O)[O-])c1Oc1cccc(Cl)c1C(=O)O. The molecule has 0 saturated heterocycles. The second-order valence-electron chi connectivity index (χ2n) is 4.20. The minimum absolute atomic E-state index is 0.00348. The predicted octanol–water partition coefficient (Wildman–Crippen LogP) is 4.05. The number of nitro benzene ring substituents is 1. The van der Waals surface area contributed by atoms with E-state index in [9.17, 15) is 20.0 Å². The third-order valence-electron chi connectivity index (χ3n) is 2.79. The van der Waals surface area contributed by atoms with Gasteiger partial charge in [0.25, 0.3) is 0 Å². The second kappa shape index (κ2) is 5.80. The van der Waals surface area contributed by atoms with Gasteiger partial charge >= 0.3 is 11.7 Å². The molecule has 2 aromatic carbocycles. The van der Waals surface area contributed by atoms with E-state index in [0.29, 0.717) is 5.56 Å². The molecule has 108 valence electrons. The number of benzene rings is 2. The minimum atomic E-state index is -1.27. The highest BCUT2D eigenvalue weighted by atomic mass is 35.5. The third-order valence-corrected chi connectivity index (χ3v) is 3.10. The molecule has 0 aliphatic rings. The van der Waals surface area contributed by atoms with Gasteiger partial charge in [0, 0.05) is 6.07 Å². The molecule has 0 bridgehead atoms. The summed E-state index contributed by atoms with van der Waals surface area (Å²) in [6.45, 7) is 1.63. The van der Waals surface area contributed by atoms with Crippen molar-refractivity contribution in [2.75, 3.05) is 0 Å². The van der Waals surface area contributed by atoms with Crippen LogP contribution in [0.5, 0.6) is 11.5 Å². The largest absolute Gasteiger partial charge is 0.478 e. The first-order valence-corrected chi connectivity index (χ1v) is 6.23. The van der Waals surface area contributed by atoms with Gasteiger partial charge in [-0.15, -0.1) is 0 Å². The van der Waals surface area contributed by atoms with Crippen LogP contribution in [0.3, 0.4) is 0 Å². The number of hydrogen-bond acceptors (Lipinski definition) is 4. The van der Waals surface area contributed by atoms with E-state index in [1.165, 1.54) is 30.3 Å². The molecule has 0 saturated carbocycles. The predicted molar refractivity (Wildman–Crippen MR) is 76.3 cm³/mol. The number of halogens is 1. The number of carboxylic acid groups (broad SMARTS) is 1. The number of hydrogen-bond donors (Lipinski definition) is 1. The third kappa shape index (κ3) is 2.95. The van der Waals surface area contributed by atoms with E-state index in [-0.39, 0.29) is 27.8 Å². The Hall–Kier alpha value is -2.60. The van der Waals surface area contributed by atoms with Crippen LogP contribution in [0.15, 0.2) is 36.4 Å². The first-order chi connectivity index (χ1) is 9.91. The molecule has 2 rings (SSSR count). The van der Waals surface area contributed by atoms with Crippen LogP contribution in [-0.4, -0.2) is 16.0 Å². The molecule has 21 heavy (non-hydrogen) atoms. The molecule has 0 radical (unpaired) electrons. The molecule has 0 aliphatic heterocycles. The monoisotopic (exact) mass is 307 g/mol. The van der Waals surface area contributed by atoms with Crippen LogP contribution in [0.4, 0.5) is 5.69 Å². The van der Waals surface area contributed by atoms with Crippen molar-refractivity contribution in [3.63, 3.8) is 0 Å². The zero-order valence-electron chi connectivity index (χ0n) is 10.9. The molecule has 0 aromatic heterocycles. The summed E-state index contributed by atoms with van der Waals surface area (Å²) in [6, 6.07) is 8.75. The van der Waals surface area contributed by atoms with Crippen molar-refractivity contribution < 1.29 is 19.6 Å². The number of aromatic carboxylic acids is 1. The molecular weight excluding hydrogens is 298 g/mol. The second-order valence-corrected chi connectivity index (χ2v) is 4.61. The van der Waals surface area contributed by atoms with Crippen LogP contribution < -0.4 is 4.74 Å². The molecule has 0 atom stereocenters. The first kappa shape index (κ1) is 14.8. The molecule has 0 fully saturated rings. The molecule has 2 aromatic rings. The summed E-state index contributed by atoms with van der Waals surface area (Å²) in [4.78, 5) is 21.7. The number of ether oxygens (including phenoxy) is 1.